The summed E-state index contributed by atoms with van der Waals surface area (Å²) >= 11 is 1.83. The van der Waals surface area contributed by atoms with E-state index in [9.17, 15) is 0 Å². The van der Waals surface area contributed by atoms with Crippen LogP contribution in [0.1, 0.15) is 31.1 Å². The maximum atomic E-state index is 5.67. The van der Waals surface area contributed by atoms with E-state index in [1.165, 1.54) is 11.3 Å². The SMILES string of the molecule is CN=C(NCCCOCC1CCCO1)NCC(C)Cc1cccs1. The largest absolute Gasteiger partial charge is 0.379 e. The summed E-state index contributed by atoms with van der Waals surface area (Å²) in [6, 6.07) is 4.31. The van der Waals surface area contributed by atoms with Gasteiger partial charge in [0.15, 0.2) is 5.96 Å². The second-order valence-electron chi connectivity index (χ2n) is 6.33. The van der Waals surface area contributed by atoms with Crippen LogP contribution in [-0.4, -0.2) is 52.0 Å². The van der Waals surface area contributed by atoms with Crippen molar-refractivity contribution in [2.45, 2.75) is 38.7 Å². The Morgan fingerprint density at radius 2 is 2.42 bits per heavy atom. The molecule has 2 rings (SSSR count). The van der Waals surface area contributed by atoms with Crippen molar-refractivity contribution in [3.63, 3.8) is 0 Å². The van der Waals surface area contributed by atoms with E-state index in [0.717, 1.165) is 58.1 Å². The van der Waals surface area contributed by atoms with E-state index in [2.05, 4.69) is 40.1 Å². The molecule has 1 fully saturated rings. The first-order chi connectivity index (χ1) is 11.8. The van der Waals surface area contributed by atoms with Crippen molar-refractivity contribution in [1.82, 2.24) is 10.6 Å². The van der Waals surface area contributed by atoms with Crippen LogP contribution in [0.4, 0.5) is 0 Å². The average Bonchev–Trinajstić information content (AvgIpc) is 3.27. The number of guanidine groups is 1. The van der Waals surface area contributed by atoms with Gasteiger partial charge in [-0.15, -0.1) is 11.3 Å². The third kappa shape index (κ3) is 7.64. The number of ether oxygens (including phenoxy) is 2. The lowest BCUT2D eigenvalue weighted by atomic mass is 10.1. The van der Waals surface area contributed by atoms with Gasteiger partial charge >= 0.3 is 0 Å². The molecular weight excluding hydrogens is 322 g/mol. The molecule has 2 heterocycles. The minimum absolute atomic E-state index is 0.317. The second kappa shape index (κ2) is 11.4. The fourth-order valence-corrected chi connectivity index (χ4v) is 3.58. The molecule has 2 unspecified atom stereocenters. The first kappa shape index (κ1) is 19.2. The maximum Gasteiger partial charge on any atom is 0.190 e. The molecule has 1 aliphatic rings. The molecule has 6 heteroatoms. The zero-order valence-electron chi connectivity index (χ0n) is 14.9. The van der Waals surface area contributed by atoms with Crippen LogP contribution in [0.3, 0.4) is 0 Å². The van der Waals surface area contributed by atoms with Crippen molar-refractivity contribution >= 4 is 17.3 Å². The third-order valence-electron chi connectivity index (χ3n) is 4.06. The van der Waals surface area contributed by atoms with Crippen LogP contribution in [0.25, 0.3) is 0 Å². The number of hydrogen-bond donors (Lipinski definition) is 2. The Kier molecular flexibility index (Phi) is 9.16. The highest BCUT2D eigenvalue weighted by Crippen LogP contribution is 2.13. The van der Waals surface area contributed by atoms with Gasteiger partial charge in [0.05, 0.1) is 12.7 Å². The van der Waals surface area contributed by atoms with E-state index in [-0.39, 0.29) is 0 Å². The zero-order chi connectivity index (χ0) is 17.0. The Balaban J connectivity index is 1.49. The Labute approximate surface area is 149 Å². The number of thiophene rings is 1. The predicted molar refractivity (Wildman–Crippen MR) is 101 cm³/mol. The van der Waals surface area contributed by atoms with Gasteiger partial charge in [-0.1, -0.05) is 13.0 Å². The topological polar surface area (TPSA) is 54.9 Å². The summed E-state index contributed by atoms with van der Waals surface area (Å²) in [5, 5.41) is 8.88. The zero-order valence-corrected chi connectivity index (χ0v) is 15.7. The molecule has 0 aromatic carbocycles. The van der Waals surface area contributed by atoms with Crippen molar-refractivity contribution in [2.24, 2.45) is 10.9 Å². The smallest absolute Gasteiger partial charge is 0.190 e. The highest BCUT2D eigenvalue weighted by molar-refractivity contribution is 7.09. The maximum absolute atomic E-state index is 5.67. The quantitative estimate of drug-likeness (QED) is 0.386. The van der Waals surface area contributed by atoms with Crippen molar-refractivity contribution in [3.8, 4) is 0 Å². The fourth-order valence-electron chi connectivity index (χ4n) is 2.71. The molecule has 24 heavy (non-hydrogen) atoms. The molecule has 2 atom stereocenters. The number of nitrogens with one attached hydrogen (secondary N) is 2. The average molecular weight is 354 g/mol. The van der Waals surface area contributed by atoms with Gasteiger partial charge in [-0.05, 0) is 43.0 Å². The molecule has 1 saturated heterocycles. The van der Waals surface area contributed by atoms with E-state index in [0.29, 0.717) is 12.0 Å². The molecule has 0 aliphatic carbocycles. The molecule has 2 N–H and O–H groups in total. The van der Waals surface area contributed by atoms with E-state index in [4.69, 9.17) is 9.47 Å². The van der Waals surface area contributed by atoms with Gasteiger partial charge in [0.25, 0.3) is 0 Å². The first-order valence-electron chi connectivity index (χ1n) is 8.94. The van der Waals surface area contributed by atoms with E-state index in [1.807, 2.05) is 18.4 Å². The molecule has 0 spiro atoms. The number of nitrogens with zero attached hydrogens (tertiary/aromatic N) is 1. The van der Waals surface area contributed by atoms with Gasteiger partial charge in [-0.2, -0.15) is 0 Å². The Morgan fingerprint density at radius 3 is 3.12 bits per heavy atom. The van der Waals surface area contributed by atoms with Crippen LogP contribution in [0, 0.1) is 5.92 Å². The van der Waals surface area contributed by atoms with Crippen molar-refractivity contribution in [2.75, 3.05) is 40.0 Å². The monoisotopic (exact) mass is 353 g/mol. The molecule has 0 bridgehead atoms. The molecule has 0 radical (unpaired) electrons. The van der Waals surface area contributed by atoms with Crippen LogP contribution in [0.2, 0.25) is 0 Å². The first-order valence-corrected chi connectivity index (χ1v) is 9.82. The standard InChI is InChI=1S/C18H31N3O2S/c1-15(12-17-7-4-11-24-17)13-21-18(19-2)20-8-5-9-22-14-16-6-3-10-23-16/h4,7,11,15-16H,3,5-6,8-10,12-14H2,1-2H3,(H2,19,20,21). The summed E-state index contributed by atoms with van der Waals surface area (Å²) in [5.41, 5.74) is 0. The third-order valence-corrected chi connectivity index (χ3v) is 4.96. The number of aliphatic imine (C=N–C) groups is 1. The molecule has 136 valence electrons. The fraction of sp³-hybridized carbons (Fsp3) is 0.722. The van der Waals surface area contributed by atoms with Gasteiger partial charge in [-0.3, -0.25) is 4.99 Å². The highest BCUT2D eigenvalue weighted by Gasteiger charge is 2.14. The summed E-state index contributed by atoms with van der Waals surface area (Å²) in [5.74, 6) is 1.45. The van der Waals surface area contributed by atoms with Crippen molar-refractivity contribution in [1.29, 1.82) is 0 Å². The van der Waals surface area contributed by atoms with Gasteiger partial charge in [0.1, 0.15) is 0 Å². The van der Waals surface area contributed by atoms with E-state index >= 15 is 0 Å². The van der Waals surface area contributed by atoms with Gasteiger partial charge in [0, 0.05) is 38.2 Å². The molecule has 0 saturated carbocycles. The summed E-state index contributed by atoms with van der Waals surface area (Å²) < 4.78 is 11.2. The summed E-state index contributed by atoms with van der Waals surface area (Å²) in [6.45, 7) is 6.44. The lowest BCUT2D eigenvalue weighted by Crippen LogP contribution is -2.40. The molecule has 1 aliphatic heterocycles. The highest BCUT2D eigenvalue weighted by atomic mass is 32.1. The van der Waals surface area contributed by atoms with Gasteiger partial charge < -0.3 is 20.1 Å². The molecule has 0 amide bonds. The summed E-state index contributed by atoms with van der Waals surface area (Å²) in [4.78, 5) is 5.71. The van der Waals surface area contributed by atoms with Crippen LogP contribution in [-0.2, 0) is 15.9 Å². The van der Waals surface area contributed by atoms with Gasteiger partial charge in [0.2, 0.25) is 0 Å². The molecule has 1 aromatic rings. The predicted octanol–water partition coefficient (Wildman–Crippen LogP) is 2.68. The van der Waals surface area contributed by atoms with Gasteiger partial charge in [-0.25, -0.2) is 0 Å². The van der Waals surface area contributed by atoms with Crippen molar-refractivity contribution < 1.29 is 9.47 Å². The van der Waals surface area contributed by atoms with E-state index in [1.54, 1.807) is 0 Å². The minimum atomic E-state index is 0.317. The Bertz CT molecular complexity index is 459. The molecular formula is C18H31N3O2S. The normalized spacial score (nSPS) is 19.4. The molecule has 5 nitrogen and oxygen atoms in total. The van der Waals surface area contributed by atoms with Crippen molar-refractivity contribution in [3.05, 3.63) is 22.4 Å². The Hall–Kier alpha value is -1.11. The lowest BCUT2D eigenvalue weighted by molar-refractivity contribution is 0.0168. The van der Waals surface area contributed by atoms with Crippen LogP contribution in [0.5, 0.6) is 0 Å². The number of hydrogen-bond acceptors (Lipinski definition) is 4. The minimum Gasteiger partial charge on any atom is -0.379 e. The van der Waals surface area contributed by atoms with Crippen LogP contribution < -0.4 is 10.6 Å². The summed E-state index contributed by atoms with van der Waals surface area (Å²) in [6.07, 6.45) is 4.70. The summed E-state index contributed by atoms with van der Waals surface area (Å²) in [7, 11) is 1.81. The van der Waals surface area contributed by atoms with E-state index < -0.39 is 0 Å². The van der Waals surface area contributed by atoms with Crippen LogP contribution >= 0.6 is 11.3 Å². The molecule has 1 aromatic heterocycles. The Morgan fingerprint density at radius 1 is 1.50 bits per heavy atom. The second-order valence-corrected chi connectivity index (χ2v) is 7.36. The lowest BCUT2D eigenvalue weighted by Gasteiger charge is -2.16. The van der Waals surface area contributed by atoms with Crippen LogP contribution in [0.15, 0.2) is 22.5 Å². The number of rotatable bonds is 10.